The van der Waals surface area contributed by atoms with Crippen LogP contribution in [0.4, 0.5) is 0 Å². The SMILES string of the molecule is CC(O)N(C(C)O)C(C)O.N.[H-].[Na+]. The molecule has 0 amide bonds. The Hall–Kier alpha value is 0.800. The van der Waals surface area contributed by atoms with Gasteiger partial charge in [-0.15, -0.1) is 0 Å². The zero-order valence-electron chi connectivity index (χ0n) is 9.23. The summed E-state index contributed by atoms with van der Waals surface area (Å²) in [5, 5.41) is 26.9. The van der Waals surface area contributed by atoms with Crippen LogP contribution in [0.3, 0.4) is 0 Å². The van der Waals surface area contributed by atoms with Gasteiger partial charge in [-0.3, -0.25) is 0 Å². The van der Waals surface area contributed by atoms with E-state index in [4.69, 9.17) is 15.3 Å². The summed E-state index contributed by atoms with van der Waals surface area (Å²) >= 11 is 0. The quantitative estimate of drug-likeness (QED) is 0.274. The third-order valence-electron chi connectivity index (χ3n) is 1.29. The molecule has 6 heteroatoms. The predicted molar refractivity (Wildman–Crippen MR) is 43.0 cm³/mol. The molecular weight excluding hydrogens is 171 g/mol. The molecule has 0 rings (SSSR count). The van der Waals surface area contributed by atoms with Gasteiger partial charge in [-0.1, -0.05) is 0 Å². The molecule has 12 heavy (non-hydrogen) atoms. The second kappa shape index (κ2) is 8.40. The number of aliphatic hydroxyl groups excluding tert-OH is 3. The number of rotatable bonds is 3. The second-order valence-corrected chi connectivity index (χ2v) is 2.34. The summed E-state index contributed by atoms with van der Waals surface area (Å²) in [6.07, 6.45) is -2.50. The van der Waals surface area contributed by atoms with E-state index in [1.807, 2.05) is 0 Å². The maximum Gasteiger partial charge on any atom is 1.00 e. The van der Waals surface area contributed by atoms with Crippen molar-refractivity contribution in [2.45, 2.75) is 39.5 Å². The van der Waals surface area contributed by atoms with Crippen LogP contribution in [0, 0.1) is 0 Å². The van der Waals surface area contributed by atoms with Gasteiger partial charge in [-0.25, -0.2) is 4.90 Å². The first-order valence-corrected chi connectivity index (χ1v) is 3.28. The zero-order valence-corrected chi connectivity index (χ0v) is 10.2. The molecule has 0 spiro atoms. The Morgan fingerprint density at radius 1 is 0.917 bits per heavy atom. The number of hydrogen-bond acceptors (Lipinski definition) is 5. The molecular formula is C6H19N2NaO3. The molecule has 72 valence electrons. The molecule has 3 atom stereocenters. The standard InChI is InChI=1S/C6H15NO3.H3N.Na.H/c1-4(8)7(5(2)9)6(3)10;;;/h4-6,8-10H,1-3H3;1H3;;/q;;+1;-1. The van der Waals surface area contributed by atoms with Crippen LogP contribution >= 0.6 is 0 Å². The van der Waals surface area contributed by atoms with Gasteiger partial charge >= 0.3 is 29.6 Å². The van der Waals surface area contributed by atoms with E-state index in [9.17, 15) is 0 Å². The van der Waals surface area contributed by atoms with Crippen molar-refractivity contribution in [1.29, 1.82) is 0 Å². The maximum absolute atomic E-state index is 8.96. The molecule has 3 unspecified atom stereocenters. The third-order valence-corrected chi connectivity index (χ3v) is 1.29. The van der Waals surface area contributed by atoms with E-state index in [1.54, 1.807) is 0 Å². The Morgan fingerprint density at radius 2 is 1.08 bits per heavy atom. The number of nitrogens with zero attached hydrogens (tertiary/aromatic N) is 1. The van der Waals surface area contributed by atoms with E-state index in [2.05, 4.69) is 0 Å². The first-order chi connectivity index (χ1) is 4.46. The summed E-state index contributed by atoms with van der Waals surface area (Å²) in [7, 11) is 0. The van der Waals surface area contributed by atoms with Gasteiger partial charge in [-0.2, -0.15) is 0 Å². The minimum atomic E-state index is -0.833. The Bertz CT molecular complexity index is 86.9. The molecule has 0 bridgehead atoms. The minimum absolute atomic E-state index is 0. The molecule has 0 aromatic carbocycles. The van der Waals surface area contributed by atoms with Crippen LogP contribution in [-0.4, -0.2) is 38.9 Å². The zero-order chi connectivity index (χ0) is 8.31. The van der Waals surface area contributed by atoms with E-state index >= 15 is 0 Å². The van der Waals surface area contributed by atoms with Gasteiger partial charge in [0.05, 0.1) is 0 Å². The second-order valence-electron chi connectivity index (χ2n) is 2.34. The molecule has 0 aromatic rings. The molecule has 6 N–H and O–H groups in total. The first kappa shape index (κ1) is 18.6. The van der Waals surface area contributed by atoms with Gasteiger partial charge in [0.2, 0.25) is 0 Å². The fourth-order valence-electron chi connectivity index (χ4n) is 0.937. The largest absolute Gasteiger partial charge is 1.00 e. The van der Waals surface area contributed by atoms with Crippen molar-refractivity contribution in [3.63, 3.8) is 0 Å². The van der Waals surface area contributed by atoms with Crippen LogP contribution < -0.4 is 35.7 Å². The molecule has 0 saturated carbocycles. The van der Waals surface area contributed by atoms with Crippen LogP contribution in [0.25, 0.3) is 0 Å². The summed E-state index contributed by atoms with van der Waals surface area (Å²) in [6.45, 7) is 4.46. The Labute approximate surface area is 96.7 Å². The third kappa shape index (κ3) is 6.33. The molecule has 0 radical (unpaired) electrons. The van der Waals surface area contributed by atoms with E-state index < -0.39 is 18.7 Å². The van der Waals surface area contributed by atoms with Crippen LogP contribution in [0.1, 0.15) is 22.2 Å². The van der Waals surface area contributed by atoms with Crippen molar-refractivity contribution in [2.24, 2.45) is 0 Å². The summed E-state index contributed by atoms with van der Waals surface area (Å²) < 4.78 is 0. The van der Waals surface area contributed by atoms with Gasteiger partial charge in [0.25, 0.3) is 0 Å². The monoisotopic (exact) mass is 190 g/mol. The molecule has 0 saturated heterocycles. The van der Waals surface area contributed by atoms with Crippen LogP contribution in [0.15, 0.2) is 0 Å². The van der Waals surface area contributed by atoms with Crippen molar-refractivity contribution in [1.82, 2.24) is 11.1 Å². The summed E-state index contributed by atoms with van der Waals surface area (Å²) in [6, 6.07) is 0. The molecule has 0 heterocycles. The molecule has 0 aromatic heterocycles. The van der Waals surface area contributed by atoms with Gasteiger partial charge in [0.15, 0.2) is 0 Å². The van der Waals surface area contributed by atoms with Gasteiger partial charge < -0.3 is 22.9 Å². The van der Waals surface area contributed by atoms with Gasteiger partial charge in [0, 0.05) is 0 Å². The number of aliphatic hydroxyl groups is 3. The van der Waals surface area contributed by atoms with Crippen molar-refractivity contribution >= 4 is 0 Å². The summed E-state index contributed by atoms with van der Waals surface area (Å²) in [5.74, 6) is 0. The molecule has 0 aliphatic rings. The van der Waals surface area contributed by atoms with Crippen molar-refractivity contribution in [3.05, 3.63) is 0 Å². The first-order valence-electron chi connectivity index (χ1n) is 3.28. The van der Waals surface area contributed by atoms with E-state index in [0.717, 1.165) is 0 Å². The normalized spacial score (nSPS) is 17.2. The average molecular weight is 190 g/mol. The Balaban J connectivity index is -0.000000135. The fraction of sp³-hybridized carbons (Fsp3) is 1.00. The van der Waals surface area contributed by atoms with Crippen molar-refractivity contribution in [3.8, 4) is 0 Å². The van der Waals surface area contributed by atoms with Crippen LogP contribution in [0.2, 0.25) is 0 Å². The molecule has 0 fully saturated rings. The average Bonchev–Trinajstić information content (AvgIpc) is 1.59. The molecule has 0 aliphatic carbocycles. The van der Waals surface area contributed by atoms with Crippen molar-refractivity contribution < 1.29 is 46.3 Å². The Kier molecular flexibility index (Phi) is 13.0. The summed E-state index contributed by atoms with van der Waals surface area (Å²) in [4.78, 5) is 1.17. The number of hydrogen-bond donors (Lipinski definition) is 4. The Morgan fingerprint density at radius 3 is 1.08 bits per heavy atom. The molecule has 5 nitrogen and oxygen atoms in total. The van der Waals surface area contributed by atoms with E-state index in [0.29, 0.717) is 0 Å². The molecule has 0 aliphatic heterocycles. The topological polar surface area (TPSA) is 98.9 Å². The van der Waals surface area contributed by atoms with Crippen LogP contribution in [-0.2, 0) is 0 Å². The smallest absolute Gasteiger partial charge is 1.00 e. The van der Waals surface area contributed by atoms with Gasteiger partial charge in [0.1, 0.15) is 18.7 Å². The van der Waals surface area contributed by atoms with Gasteiger partial charge in [-0.05, 0) is 20.8 Å². The maximum atomic E-state index is 8.96. The predicted octanol–water partition coefficient (Wildman–Crippen LogP) is -3.42. The van der Waals surface area contributed by atoms with Crippen LogP contribution in [0.5, 0.6) is 0 Å². The fourth-order valence-corrected chi connectivity index (χ4v) is 0.937. The summed E-state index contributed by atoms with van der Waals surface area (Å²) in [5.41, 5.74) is 0. The van der Waals surface area contributed by atoms with E-state index in [1.165, 1.54) is 25.7 Å². The minimum Gasteiger partial charge on any atom is -1.00 e. The van der Waals surface area contributed by atoms with Crippen molar-refractivity contribution in [2.75, 3.05) is 0 Å². The van der Waals surface area contributed by atoms with E-state index in [-0.39, 0.29) is 37.1 Å².